The van der Waals surface area contributed by atoms with Crippen LogP contribution in [0.3, 0.4) is 0 Å². The molecule has 0 bridgehead atoms. The van der Waals surface area contributed by atoms with Crippen LogP contribution >= 0.6 is 0 Å². The van der Waals surface area contributed by atoms with Crippen molar-refractivity contribution in [2.24, 2.45) is 0 Å². The Bertz CT molecular complexity index is 475. The zero-order valence-corrected chi connectivity index (χ0v) is 10.6. The van der Waals surface area contributed by atoms with E-state index >= 15 is 0 Å². The highest BCUT2D eigenvalue weighted by molar-refractivity contribution is 7.86. The summed E-state index contributed by atoms with van der Waals surface area (Å²) in [5.74, 6) is 0. The van der Waals surface area contributed by atoms with Gasteiger partial charge in [0.25, 0.3) is 10.1 Å². The topological polar surface area (TPSA) is 52.6 Å². The minimum Gasteiger partial charge on any atom is -0.376 e. The van der Waals surface area contributed by atoms with Crippen molar-refractivity contribution in [3.63, 3.8) is 0 Å². The Morgan fingerprint density at radius 3 is 2.82 bits per heavy atom. The van der Waals surface area contributed by atoms with Crippen molar-refractivity contribution in [3.8, 4) is 0 Å². The summed E-state index contributed by atoms with van der Waals surface area (Å²) in [6.07, 6.45) is 1.75. The molecule has 5 heteroatoms. The Balaban J connectivity index is 2.06. The van der Waals surface area contributed by atoms with Crippen LogP contribution in [-0.2, 0) is 19.0 Å². The zero-order chi connectivity index (χ0) is 12.3. The molecule has 0 spiro atoms. The number of benzene rings is 1. The number of hydrogen-bond acceptors (Lipinski definition) is 4. The van der Waals surface area contributed by atoms with Gasteiger partial charge in [0.05, 0.1) is 17.6 Å². The summed E-state index contributed by atoms with van der Waals surface area (Å²) in [4.78, 5) is 0.234. The molecule has 1 aromatic carbocycles. The lowest BCUT2D eigenvalue weighted by atomic mass is 10.2. The molecule has 0 aromatic heterocycles. The Hall–Kier alpha value is -0.910. The highest BCUT2D eigenvalue weighted by Gasteiger charge is 2.22. The summed E-state index contributed by atoms with van der Waals surface area (Å²) in [7, 11) is -3.66. The van der Waals surface area contributed by atoms with Crippen LogP contribution in [-0.4, -0.2) is 27.7 Å². The fraction of sp³-hybridized carbons (Fsp3) is 0.500. The van der Waals surface area contributed by atoms with Crippen molar-refractivity contribution in [1.29, 1.82) is 0 Å². The van der Waals surface area contributed by atoms with E-state index in [9.17, 15) is 8.42 Å². The lowest BCUT2D eigenvalue weighted by molar-refractivity contribution is 0.0701. The minimum absolute atomic E-state index is 0.0891. The van der Waals surface area contributed by atoms with Gasteiger partial charge in [0.15, 0.2) is 0 Å². The van der Waals surface area contributed by atoms with Crippen molar-refractivity contribution < 1.29 is 17.3 Å². The minimum atomic E-state index is -3.66. The molecule has 0 amide bonds. The highest BCUT2D eigenvalue weighted by atomic mass is 32.2. The van der Waals surface area contributed by atoms with E-state index in [-0.39, 0.29) is 17.6 Å². The summed E-state index contributed by atoms with van der Waals surface area (Å²) in [6.45, 7) is 2.55. The van der Waals surface area contributed by atoms with E-state index in [0.29, 0.717) is 12.2 Å². The van der Waals surface area contributed by atoms with Gasteiger partial charge in [0.1, 0.15) is 0 Å². The molecule has 1 aliphatic heterocycles. The van der Waals surface area contributed by atoms with E-state index in [4.69, 9.17) is 8.92 Å². The fourth-order valence-corrected chi connectivity index (χ4v) is 3.01. The van der Waals surface area contributed by atoms with Gasteiger partial charge in [0.2, 0.25) is 0 Å². The molecule has 2 rings (SSSR count). The van der Waals surface area contributed by atoms with Crippen molar-refractivity contribution in [1.82, 2.24) is 0 Å². The first-order chi connectivity index (χ1) is 8.09. The lowest BCUT2D eigenvalue weighted by Gasteiger charge is -2.11. The molecule has 17 heavy (non-hydrogen) atoms. The first-order valence-electron chi connectivity index (χ1n) is 5.66. The molecule has 94 valence electrons. The summed E-state index contributed by atoms with van der Waals surface area (Å²) in [6, 6.07) is 6.80. The highest BCUT2D eigenvalue weighted by Crippen LogP contribution is 2.19. The van der Waals surface area contributed by atoms with Gasteiger partial charge in [-0.25, -0.2) is 0 Å². The predicted molar refractivity (Wildman–Crippen MR) is 63.3 cm³/mol. The molecule has 0 unspecified atom stereocenters. The molecule has 1 aromatic rings. The first-order valence-corrected chi connectivity index (χ1v) is 7.07. The van der Waals surface area contributed by atoms with Crippen molar-refractivity contribution in [2.75, 3.05) is 13.2 Å². The van der Waals surface area contributed by atoms with Gasteiger partial charge in [0, 0.05) is 6.61 Å². The molecule has 0 saturated carbocycles. The molecule has 1 fully saturated rings. The molecule has 0 aliphatic carbocycles. The van der Waals surface area contributed by atoms with E-state index in [2.05, 4.69) is 0 Å². The Labute approximate surface area is 102 Å². The Kier molecular flexibility index (Phi) is 3.81. The van der Waals surface area contributed by atoms with Gasteiger partial charge in [-0.05, 0) is 31.4 Å². The molecule has 1 heterocycles. The number of rotatable bonds is 4. The van der Waals surface area contributed by atoms with Gasteiger partial charge in [-0.15, -0.1) is 0 Å². The molecule has 1 atom stereocenters. The van der Waals surface area contributed by atoms with Gasteiger partial charge < -0.3 is 4.74 Å². The third-order valence-corrected chi connectivity index (χ3v) is 4.24. The van der Waals surface area contributed by atoms with E-state index < -0.39 is 10.1 Å². The normalized spacial score (nSPS) is 20.6. The SMILES string of the molecule is Cc1ccccc1S(=O)(=O)OC[C@@H]1CCCO1. The maximum atomic E-state index is 11.9. The third kappa shape index (κ3) is 3.06. The average molecular weight is 256 g/mol. The molecular formula is C12H16O4S. The summed E-state index contributed by atoms with van der Waals surface area (Å²) in [5, 5.41) is 0. The molecule has 0 N–H and O–H groups in total. The molecular weight excluding hydrogens is 240 g/mol. The Morgan fingerprint density at radius 2 is 2.18 bits per heavy atom. The van der Waals surface area contributed by atoms with E-state index in [1.807, 2.05) is 0 Å². The van der Waals surface area contributed by atoms with Crippen molar-refractivity contribution in [2.45, 2.75) is 30.8 Å². The second-order valence-corrected chi connectivity index (χ2v) is 5.72. The maximum Gasteiger partial charge on any atom is 0.297 e. The monoisotopic (exact) mass is 256 g/mol. The molecule has 1 saturated heterocycles. The van der Waals surface area contributed by atoms with E-state index in [1.54, 1.807) is 31.2 Å². The van der Waals surface area contributed by atoms with Crippen LogP contribution in [0.25, 0.3) is 0 Å². The lowest BCUT2D eigenvalue weighted by Crippen LogP contribution is -2.18. The van der Waals surface area contributed by atoms with Crippen LogP contribution in [0, 0.1) is 6.92 Å². The van der Waals surface area contributed by atoms with Crippen LogP contribution in [0.5, 0.6) is 0 Å². The van der Waals surface area contributed by atoms with Crippen molar-refractivity contribution in [3.05, 3.63) is 29.8 Å². The molecule has 1 aliphatic rings. The second-order valence-electron chi connectivity index (χ2n) is 4.14. The third-order valence-electron chi connectivity index (χ3n) is 2.80. The standard InChI is InChI=1S/C12H16O4S/c1-10-5-2-3-7-12(10)17(13,14)16-9-11-6-4-8-15-11/h2-3,5,7,11H,4,6,8-9H2,1H3/t11-/m0/s1. The van der Waals surface area contributed by atoms with Crippen LogP contribution in [0.15, 0.2) is 29.2 Å². The quantitative estimate of drug-likeness (QED) is 0.772. The summed E-state index contributed by atoms with van der Waals surface area (Å²) in [5.41, 5.74) is 0.694. The number of aryl methyl sites for hydroxylation is 1. The summed E-state index contributed by atoms with van der Waals surface area (Å²) < 4.78 is 34.2. The molecule has 4 nitrogen and oxygen atoms in total. The van der Waals surface area contributed by atoms with Crippen LogP contribution < -0.4 is 0 Å². The predicted octanol–water partition coefficient (Wildman–Crippen LogP) is 1.88. The maximum absolute atomic E-state index is 11.9. The van der Waals surface area contributed by atoms with Gasteiger partial charge in [-0.2, -0.15) is 8.42 Å². The molecule has 0 radical (unpaired) electrons. The van der Waals surface area contributed by atoms with Crippen LogP contribution in [0.4, 0.5) is 0 Å². The van der Waals surface area contributed by atoms with E-state index in [0.717, 1.165) is 12.8 Å². The smallest absolute Gasteiger partial charge is 0.297 e. The van der Waals surface area contributed by atoms with E-state index in [1.165, 1.54) is 0 Å². The second kappa shape index (κ2) is 5.16. The Morgan fingerprint density at radius 1 is 1.41 bits per heavy atom. The number of hydrogen-bond donors (Lipinski definition) is 0. The number of ether oxygens (including phenoxy) is 1. The van der Waals surface area contributed by atoms with Crippen LogP contribution in [0.1, 0.15) is 18.4 Å². The van der Waals surface area contributed by atoms with Gasteiger partial charge in [-0.3, -0.25) is 4.18 Å². The first kappa shape index (κ1) is 12.5. The van der Waals surface area contributed by atoms with Gasteiger partial charge in [-0.1, -0.05) is 18.2 Å². The summed E-state index contributed by atoms with van der Waals surface area (Å²) >= 11 is 0. The largest absolute Gasteiger partial charge is 0.376 e. The van der Waals surface area contributed by atoms with Gasteiger partial charge >= 0.3 is 0 Å². The fourth-order valence-electron chi connectivity index (χ4n) is 1.84. The van der Waals surface area contributed by atoms with Crippen LogP contribution in [0.2, 0.25) is 0 Å². The zero-order valence-electron chi connectivity index (χ0n) is 9.76. The van der Waals surface area contributed by atoms with Crippen molar-refractivity contribution >= 4 is 10.1 Å². The average Bonchev–Trinajstić information content (AvgIpc) is 2.80.